The molecule has 2 aromatic rings. The molecule has 32 heavy (non-hydrogen) atoms. The zero-order valence-electron chi connectivity index (χ0n) is 18.9. The molecule has 0 bridgehead atoms. The number of thiazole rings is 1. The van der Waals surface area contributed by atoms with E-state index in [1.807, 2.05) is 47.3 Å². The van der Waals surface area contributed by atoms with E-state index in [1.165, 1.54) is 21.8 Å². The summed E-state index contributed by atoms with van der Waals surface area (Å²) in [6, 6.07) is 7.39. The van der Waals surface area contributed by atoms with E-state index in [0.29, 0.717) is 30.7 Å². The van der Waals surface area contributed by atoms with Gasteiger partial charge in [-0.25, -0.2) is 9.59 Å². The summed E-state index contributed by atoms with van der Waals surface area (Å²) in [6.45, 7) is 7.86. The average Bonchev–Trinajstić information content (AvgIpc) is 3.36. The van der Waals surface area contributed by atoms with Crippen LogP contribution in [0.3, 0.4) is 0 Å². The van der Waals surface area contributed by atoms with E-state index < -0.39 is 36.2 Å². The molecule has 1 aliphatic heterocycles. The minimum atomic E-state index is -0.745. The molecule has 0 N–H and O–H groups in total. The minimum absolute atomic E-state index is 0.418. The third kappa shape index (κ3) is 6.53. The number of likely N-dealkylation sites (tertiary alicyclic amines) is 1. The highest BCUT2D eigenvalue weighted by Crippen LogP contribution is 2.21. The van der Waals surface area contributed by atoms with Gasteiger partial charge in [-0.1, -0.05) is 29.8 Å². The van der Waals surface area contributed by atoms with Gasteiger partial charge in [0.2, 0.25) is 0 Å². The number of aromatic nitrogens is 1. The van der Waals surface area contributed by atoms with E-state index >= 15 is 0 Å². The van der Waals surface area contributed by atoms with Crippen molar-refractivity contribution in [2.24, 2.45) is 4.99 Å². The summed E-state index contributed by atoms with van der Waals surface area (Å²) >= 11 is 1.33. The summed E-state index contributed by atoms with van der Waals surface area (Å²) in [6.07, 6.45) is 2.46. The Balaban J connectivity index is 1.58. The zero-order valence-corrected chi connectivity index (χ0v) is 19.7. The second-order valence-corrected chi connectivity index (χ2v) is 9.62. The molecule has 1 fully saturated rings. The van der Waals surface area contributed by atoms with E-state index in [9.17, 15) is 14.4 Å². The van der Waals surface area contributed by atoms with Crippen LogP contribution in [-0.4, -0.2) is 52.2 Å². The summed E-state index contributed by atoms with van der Waals surface area (Å²) in [5, 5.41) is 1.85. The number of carbonyl (C=O) groups is 3. The van der Waals surface area contributed by atoms with Crippen LogP contribution in [0.1, 0.15) is 44.7 Å². The lowest BCUT2D eigenvalue weighted by molar-refractivity contribution is -0.152. The standard InChI is InChI=1S/C23H29N3O5S/c1-16-7-9-17(10-8-16)14-25-12-13-32-21(25)24-19(27)15-30-20(28)18-6-5-11-26(18)22(29)31-23(2,3)4/h7-10,12-13,18H,5-6,11,14-15H2,1-4H3. The molecule has 1 aromatic carbocycles. The lowest BCUT2D eigenvalue weighted by atomic mass is 10.1. The van der Waals surface area contributed by atoms with Crippen LogP contribution in [0.15, 0.2) is 40.8 Å². The number of aryl methyl sites for hydroxylation is 1. The van der Waals surface area contributed by atoms with Crippen LogP contribution in [0.4, 0.5) is 4.79 Å². The van der Waals surface area contributed by atoms with Crippen LogP contribution in [-0.2, 0) is 25.6 Å². The summed E-state index contributed by atoms with van der Waals surface area (Å²) in [5.41, 5.74) is 1.62. The molecule has 2 heterocycles. The molecule has 2 amide bonds. The minimum Gasteiger partial charge on any atom is -0.454 e. The van der Waals surface area contributed by atoms with E-state index in [0.717, 1.165) is 5.56 Å². The first-order chi connectivity index (χ1) is 15.1. The fraction of sp³-hybridized carbons (Fsp3) is 0.478. The molecule has 0 radical (unpaired) electrons. The number of benzene rings is 1. The largest absolute Gasteiger partial charge is 0.454 e. The van der Waals surface area contributed by atoms with Crippen LogP contribution >= 0.6 is 11.3 Å². The SMILES string of the molecule is Cc1ccc(Cn2ccsc2=NC(=O)COC(=O)C2CCCN2C(=O)OC(C)(C)C)cc1. The van der Waals surface area contributed by atoms with E-state index in [4.69, 9.17) is 9.47 Å². The zero-order chi connectivity index (χ0) is 23.3. The molecule has 172 valence electrons. The van der Waals surface area contributed by atoms with Gasteiger partial charge in [0, 0.05) is 24.7 Å². The molecule has 0 spiro atoms. The normalized spacial score (nSPS) is 16.8. The Morgan fingerprint density at radius 2 is 1.91 bits per heavy atom. The third-order valence-electron chi connectivity index (χ3n) is 4.84. The van der Waals surface area contributed by atoms with Gasteiger partial charge in [-0.05, 0) is 46.1 Å². The number of carbonyl (C=O) groups excluding carboxylic acids is 3. The summed E-state index contributed by atoms with van der Waals surface area (Å²) < 4.78 is 12.4. The molecular weight excluding hydrogens is 430 g/mol. The maximum absolute atomic E-state index is 12.5. The number of hydrogen-bond donors (Lipinski definition) is 0. The van der Waals surface area contributed by atoms with Crippen molar-refractivity contribution in [3.05, 3.63) is 51.8 Å². The molecule has 1 saturated heterocycles. The van der Waals surface area contributed by atoms with Gasteiger partial charge in [0.05, 0.1) is 0 Å². The van der Waals surface area contributed by atoms with Crippen molar-refractivity contribution in [1.29, 1.82) is 0 Å². The highest BCUT2D eigenvalue weighted by atomic mass is 32.1. The van der Waals surface area contributed by atoms with Gasteiger partial charge in [0.1, 0.15) is 11.6 Å². The Labute approximate surface area is 191 Å². The van der Waals surface area contributed by atoms with Crippen LogP contribution in [0.5, 0.6) is 0 Å². The molecule has 1 aromatic heterocycles. The first kappa shape index (κ1) is 23.7. The molecule has 1 unspecified atom stereocenters. The third-order valence-corrected chi connectivity index (χ3v) is 5.64. The lowest BCUT2D eigenvalue weighted by Crippen LogP contribution is -2.44. The van der Waals surface area contributed by atoms with Gasteiger partial charge < -0.3 is 14.0 Å². The number of esters is 1. The monoisotopic (exact) mass is 459 g/mol. The summed E-state index contributed by atoms with van der Waals surface area (Å²) in [4.78, 5) is 43.2. The lowest BCUT2D eigenvalue weighted by Gasteiger charge is -2.27. The summed E-state index contributed by atoms with van der Waals surface area (Å²) in [7, 11) is 0. The highest BCUT2D eigenvalue weighted by Gasteiger charge is 2.37. The Bertz CT molecular complexity index is 1030. The quantitative estimate of drug-likeness (QED) is 0.640. The van der Waals surface area contributed by atoms with Crippen molar-refractivity contribution < 1.29 is 23.9 Å². The molecule has 1 atom stereocenters. The fourth-order valence-electron chi connectivity index (χ4n) is 3.32. The second-order valence-electron chi connectivity index (χ2n) is 8.74. The van der Waals surface area contributed by atoms with Gasteiger partial charge in [-0.15, -0.1) is 11.3 Å². The van der Waals surface area contributed by atoms with E-state index in [1.54, 1.807) is 20.8 Å². The van der Waals surface area contributed by atoms with Crippen molar-refractivity contribution in [1.82, 2.24) is 9.47 Å². The van der Waals surface area contributed by atoms with Crippen LogP contribution in [0, 0.1) is 6.92 Å². The predicted octanol–water partition coefficient (Wildman–Crippen LogP) is 3.28. The number of amides is 2. The predicted molar refractivity (Wildman–Crippen MR) is 120 cm³/mol. The molecule has 8 nitrogen and oxygen atoms in total. The average molecular weight is 460 g/mol. The van der Waals surface area contributed by atoms with Gasteiger partial charge in [0.15, 0.2) is 11.4 Å². The Morgan fingerprint density at radius 1 is 1.19 bits per heavy atom. The first-order valence-corrected chi connectivity index (χ1v) is 11.4. The molecule has 0 aliphatic carbocycles. The van der Waals surface area contributed by atoms with Crippen LogP contribution in [0.25, 0.3) is 0 Å². The number of nitrogens with zero attached hydrogens (tertiary/aromatic N) is 3. The van der Waals surface area contributed by atoms with Gasteiger partial charge >= 0.3 is 12.1 Å². The molecule has 1 aliphatic rings. The van der Waals surface area contributed by atoms with Gasteiger partial charge in [-0.3, -0.25) is 9.69 Å². The number of rotatable bonds is 5. The van der Waals surface area contributed by atoms with Crippen molar-refractivity contribution >= 4 is 29.3 Å². The summed E-state index contributed by atoms with van der Waals surface area (Å²) in [5.74, 6) is -1.17. The fourth-order valence-corrected chi connectivity index (χ4v) is 4.06. The molecule has 0 saturated carbocycles. The van der Waals surface area contributed by atoms with E-state index in [2.05, 4.69) is 4.99 Å². The Kier molecular flexibility index (Phi) is 7.50. The molecular formula is C23H29N3O5S. The number of hydrogen-bond acceptors (Lipinski definition) is 6. The smallest absolute Gasteiger partial charge is 0.411 e. The maximum Gasteiger partial charge on any atom is 0.411 e. The van der Waals surface area contributed by atoms with Gasteiger partial charge in [-0.2, -0.15) is 4.99 Å². The van der Waals surface area contributed by atoms with Crippen molar-refractivity contribution in [2.75, 3.05) is 13.2 Å². The second kappa shape index (κ2) is 10.1. The molecule has 3 rings (SSSR count). The number of ether oxygens (including phenoxy) is 2. The maximum atomic E-state index is 12.5. The Morgan fingerprint density at radius 3 is 2.59 bits per heavy atom. The van der Waals surface area contributed by atoms with Crippen LogP contribution < -0.4 is 4.80 Å². The van der Waals surface area contributed by atoms with Crippen molar-refractivity contribution in [2.45, 2.75) is 58.7 Å². The first-order valence-electron chi connectivity index (χ1n) is 10.6. The van der Waals surface area contributed by atoms with Crippen molar-refractivity contribution in [3.8, 4) is 0 Å². The van der Waals surface area contributed by atoms with Crippen LogP contribution in [0.2, 0.25) is 0 Å². The van der Waals surface area contributed by atoms with E-state index in [-0.39, 0.29) is 0 Å². The topological polar surface area (TPSA) is 90.2 Å². The Hall–Kier alpha value is -2.94. The highest BCUT2D eigenvalue weighted by molar-refractivity contribution is 7.07. The molecule has 9 heteroatoms. The van der Waals surface area contributed by atoms with Gasteiger partial charge in [0.25, 0.3) is 5.91 Å². The van der Waals surface area contributed by atoms with Crippen molar-refractivity contribution in [3.63, 3.8) is 0 Å².